The zero-order valence-corrected chi connectivity index (χ0v) is 16.7. The number of furan rings is 1. The van der Waals surface area contributed by atoms with Crippen molar-refractivity contribution >= 4 is 5.91 Å². The molecule has 4 rings (SSSR count). The van der Waals surface area contributed by atoms with Crippen LogP contribution in [0.1, 0.15) is 16.1 Å². The largest absolute Gasteiger partial charge is 0.497 e. The van der Waals surface area contributed by atoms with E-state index in [1.165, 1.54) is 0 Å². The van der Waals surface area contributed by atoms with E-state index in [1.807, 2.05) is 30.3 Å². The second-order valence-corrected chi connectivity index (χ2v) is 6.50. The number of carbonyl (C=O) groups is 1. The molecule has 152 valence electrons. The number of ether oxygens (including phenoxy) is 2. The monoisotopic (exact) mass is 403 g/mol. The van der Waals surface area contributed by atoms with Gasteiger partial charge in [-0.1, -0.05) is 18.2 Å². The first kappa shape index (κ1) is 19.3. The van der Waals surface area contributed by atoms with Gasteiger partial charge < -0.3 is 19.2 Å². The van der Waals surface area contributed by atoms with Crippen molar-refractivity contribution in [2.75, 3.05) is 14.2 Å². The van der Waals surface area contributed by atoms with Gasteiger partial charge in [-0.25, -0.2) is 4.68 Å². The Morgan fingerprint density at radius 2 is 1.90 bits per heavy atom. The summed E-state index contributed by atoms with van der Waals surface area (Å²) in [4.78, 5) is 13.1. The maximum absolute atomic E-state index is 13.1. The van der Waals surface area contributed by atoms with Crippen molar-refractivity contribution in [3.8, 4) is 28.4 Å². The SMILES string of the molecule is COc1ccc(OC)c(-c2nn(-c3ccccc3)cc2C(=O)NCc2ccco2)c1. The molecule has 30 heavy (non-hydrogen) atoms. The number of rotatable bonds is 7. The third-order valence-electron chi connectivity index (χ3n) is 4.64. The number of hydrogen-bond acceptors (Lipinski definition) is 5. The van der Waals surface area contributed by atoms with Crippen LogP contribution in [0.5, 0.6) is 11.5 Å². The molecule has 1 N–H and O–H groups in total. The number of methoxy groups -OCH3 is 2. The molecule has 2 heterocycles. The third-order valence-corrected chi connectivity index (χ3v) is 4.64. The van der Waals surface area contributed by atoms with Crippen LogP contribution in [-0.4, -0.2) is 29.9 Å². The van der Waals surface area contributed by atoms with Crippen molar-refractivity contribution in [1.82, 2.24) is 15.1 Å². The molecule has 0 aliphatic rings. The quantitative estimate of drug-likeness (QED) is 0.503. The molecular weight excluding hydrogens is 382 g/mol. The Balaban J connectivity index is 1.78. The Kier molecular flexibility index (Phi) is 5.52. The summed E-state index contributed by atoms with van der Waals surface area (Å²) in [6, 6.07) is 18.6. The highest BCUT2D eigenvalue weighted by Crippen LogP contribution is 2.35. The first-order chi connectivity index (χ1) is 14.7. The van der Waals surface area contributed by atoms with Crippen molar-refractivity contribution < 1.29 is 18.7 Å². The molecule has 0 bridgehead atoms. The first-order valence-corrected chi connectivity index (χ1v) is 9.37. The number of nitrogens with zero attached hydrogens (tertiary/aromatic N) is 2. The van der Waals surface area contributed by atoms with Crippen LogP contribution in [0.3, 0.4) is 0 Å². The zero-order chi connectivity index (χ0) is 20.9. The number of aromatic nitrogens is 2. The Labute approximate surface area is 173 Å². The van der Waals surface area contributed by atoms with E-state index in [2.05, 4.69) is 5.32 Å². The van der Waals surface area contributed by atoms with Crippen LogP contribution in [-0.2, 0) is 6.54 Å². The molecule has 0 aliphatic carbocycles. The predicted molar refractivity (Wildman–Crippen MR) is 112 cm³/mol. The number of nitrogens with one attached hydrogen (secondary N) is 1. The number of para-hydroxylation sites is 1. The highest BCUT2D eigenvalue weighted by atomic mass is 16.5. The minimum Gasteiger partial charge on any atom is -0.497 e. The summed E-state index contributed by atoms with van der Waals surface area (Å²) < 4.78 is 17.9. The van der Waals surface area contributed by atoms with Crippen LogP contribution < -0.4 is 14.8 Å². The number of hydrogen-bond donors (Lipinski definition) is 1. The molecule has 1 amide bonds. The summed E-state index contributed by atoms with van der Waals surface area (Å²) in [6.07, 6.45) is 3.28. The molecule has 0 aliphatic heterocycles. The number of carbonyl (C=O) groups excluding carboxylic acids is 1. The van der Waals surface area contributed by atoms with Gasteiger partial charge in [-0.05, 0) is 42.5 Å². The smallest absolute Gasteiger partial charge is 0.255 e. The van der Waals surface area contributed by atoms with Crippen molar-refractivity contribution in [2.24, 2.45) is 0 Å². The van der Waals surface area contributed by atoms with E-state index in [9.17, 15) is 4.79 Å². The molecule has 0 saturated heterocycles. The van der Waals surface area contributed by atoms with E-state index in [1.54, 1.807) is 61.7 Å². The molecule has 7 heteroatoms. The van der Waals surface area contributed by atoms with Crippen LogP contribution >= 0.6 is 0 Å². The van der Waals surface area contributed by atoms with Crippen molar-refractivity contribution in [3.63, 3.8) is 0 Å². The van der Waals surface area contributed by atoms with Crippen molar-refractivity contribution in [3.05, 3.63) is 84.4 Å². The summed E-state index contributed by atoms with van der Waals surface area (Å²) in [5.74, 6) is 1.63. The minimum absolute atomic E-state index is 0.270. The van der Waals surface area contributed by atoms with Gasteiger partial charge in [-0.3, -0.25) is 4.79 Å². The molecule has 0 fully saturated rings. The van der Waals surface area contributed by atoms with Gasteiger partial charge in [0, 0.05) is 11.8 Å². The lowest BCUT2D eigenvalue weighted by Gasteiger charge is -2.10. The molecule has 0 unspecified atom stereocenters. The van der Waals surface area contributed by atoms with E-state index >= 15 is 0 Å². The van der Waals surface area contributed by atoms with E-state index in [-0.39, 0.29) is 12.5 Å². The van der Waals surface area contributed by atoms with Crippen LogP contribution in [0.15, 0.2) is 77.5 Å². The highest BCUT2D eigenvalue weighted by molar-refractivity contribution is 6.00. The van der Waals surface area contributed by atoms with Crippen LogP contribution in [0, 0.1) is 0 Å². The van der Waals surface area contributed by atoms with Crippen molar-refractivity contribution in [2.45, 2.75) is 6.54 Å². The summed E-state index contributed by atoms with van der Waals surface area (Å²) in [6.45, 7) is 0.275. The second-order valence-electron chi connectivity index (χ2n) is 6.50. The third kappa shape index (κ3) is 3.91. The lowest BCUT2D eigenvalue weighted by atomic mass is 10.1. The lowest BCUT2D eigenvalue weighted by molar-refractivity contribution is 0.0948. The second kappa shape index (κ2) is 8.57. The fourth-order valence-electron chi connectivity index (χ4n) is 3.13. The van der Waals surface area contributed by atoms with Gasteiger partial charge in [0.15, 0.2) is 0 Å². The van der Waals surface area contributed by atoms with Crippen LogP contribution in [0.25, 0.3) is 16.9 Å². The Bertz CT molecular complexity index is 1130. The van der Waals surface area contributed by atoms with E-state index in [0.29, 0.717) is 34.1 Å². The molecule has 0 radical (unpaired) electrons. The molecule has 2 aromatic carbocycles. The Morgan fingerprint density at radius 3 is 2.60 bits per heavy atom. The van der Waals surface area contributed by atoms with Gasteiger partial charge in [0.1, 0.15) is 23.0 Å². The van der Waals surface area contributed by atoms with Crippen LogP contribution in [0.4, 0.5) is 0 Å². The average Bonchev–Trinajstić information content (AvgIpc) is 3.48. The molecule has 0 spiro atoms. The standard InChI is InChI=1S/C23H21N3O4/c1-28-17-10-11-21(29-2)19(13-17)22-20(23(27)24-14-18-9-6-12-30-18)15-26(25-22)16-7-4-3-5-8-16/h3-13,15H,14H2,1-2H3,(H,24,27). The van der Waals surface area contributed by atoms with E-state index < -0.39 is 0 Å². The van der Waals surface area contributed by atoms with Gasteiger partial charge in [0.05, 0.1) is 38.3 Å². The minimum atomic E-state index is -0.270. The summed E-state index contributed by atoms with van der Waals surface area (Å²) in [5.41, 5.74) is 2.41. The number of benzene rings is 2. The molecule has 0 saturated carbocycles. The molecule has 0 atom stereocenters. The van der Waals surface area contributed by atoms with Gasteiger partial charge in [0.2, 0.25) is 0 Å². The summed E-state index contributed by atoms with van der Waals surface area (Å²) in [5, 5.41) is 7.58. The van der Waals surface area contributed by atoms with Gasteiger partial charge in [-0.2, -0.15) is 5.10 Å². The molecular formula is C23H21N3O4. The Hall–Kier alpha value is -4.00. The van der Waals surface area contributed by atoms with Crippen molar-refractivity contribution in [1.29, 1.82) is 0 Å². The maximum Gasteiger partial charge on any atom is 0.255 e. The van der Waals surface area contributed by atoms with E-state index in [4.69, 9.17) is 19.0 Å². The van der Waals surface area contributed by atoms with E-state index in [0.717, 1.165) is 5.69 Å². The molecule has 4 aromatic rings. The highest BCUT2D eigenvalue weighted by Gasteiger charge is 2.22. The topological polar surface area (TPSA) is 78.5 Å². The fraction of sp³-hybridized carbons (Fsp3) is 0.130. The maximum atomic E-state index is 13.1. The van der Waals surface area contributed by atoms with Crippen LogP contribution in [0.2, 0.25) is 0 Å². The zero-order valence-electron chi connectivity index (χ0n) is 16.7. The molecule has 2 aromatic heterocycles. The first-order valence-electron chi connectivity index (χ1n) is 9.37. The summed E-state index contributed by atoms with van der Waals surface area (Å²) >= 11 is 0. The number of amides is 1. The lowest BCUT2D eigenvalue weighted by Crippen LogP contribution is -2.22. The van der Waals surface area contributed by atoms with Gasteiger partial charge in [-0.15, -0.1) is 0 Å². The average molecular weight is 403 g/mol. The fourth-order valence-corrected chi connectivity index (χ4v) is 3.13. The molecule has 7 nitrogen and oxygen atoms in total. The summed E-state index contributed by atoms with van der Waals surface area (Å²) in [7, 11) is 3.17. The predicted octanol–water partition coefficient (Wildman–Crippen LogP) is 4.08. The van der Waals surface area contributed by atoms with Gasteiger partial charge >= 0.3 is 0 Å². The van der Waals surface area contributed by atoms with Gasteiger partial charge in [0.25, 0.3) is 5.91 Å². The normalized spacial score (nSPS) is 10.6. The Morgan fingerprint density at radius 1 is 1.07 bits per heavy atom.